The number of carbonyl (C=O) groups is 1. The maximum atomic E-state index is 11.9. The number of nitrogens with one attached hydrogen (secondary N) is 1. The van der Waals surface area contributed by atoms with Gasteiger partial charge in [0.2, 0.25) is 6.10 Å². The van der Waals surface area contributed by atoms with E-state index in [0.717, 1.165) is 11.1 Å². The lowest BCUT2D eigenvalue weighted by atomic mass is 10.1. The molecule has 2 aromatic carbocycles. The second kappa shape index (κ2) is 6.21. The minimum Gasteiger partial charge on any atom is -0.476 e. The van der Waals surface area contributed by atoms with Gasteiger partial charge in [-0.05, 0) is 37.1 Å². The Morgan fingerprint density at radius 3 is 2.40 bits per heavy atom. The zero-order chi connectivity index (χ0) is 14.5. The molecule has 1 amide bonds. The van der Waals surface area contributed by atoms with Crippen molar-refractivity contribution >= 4 is 5.91 Å². The molecule has 3 N–H and O–H groups in total. The first-order chi connectivity index (χ1) is 9.61. The molecule has 1 atom stereocenters. The molecular formula is C16H18N2O2. The lowest BCUT2D eigenvalue weighted by Gasteiger charge is -2.18. The minimum atomic E-state index is -0.761. The molecule has 0 fully saturated rings. The number of nitrogens with two attached hydrogens (primary N) is 1. The van der Waals surface area contributed by atoms with E-state index in [0.29, 0.717) is 5.75 Å². The van der Waals surface area contributed by atoms with Crippen LogP contribution in [0.4, 0.5) is 0 Å². The first kappa shape index (κ1) is 14.1. The Bertz CT molecular complexity index is 597. The zero-order valence-electron chi connectivity index (χ0n) is 11.6. The van der Waals surface area contributed by atoms with Gasteiger partial charge in [-0.25, -0.2) is 5.84 Å². The molecule has 0 radical (unpaired) electrons. The summed E-state index contributed by atoms with van der Waals surface area (Å²) in [5, 5.41) is 0. The molecule has 4 nitrogen and oxygen atoms in total. The molecule has 0 heterocycles. The van der Waals surface area contributed by atoms with Gasteiger partial charge in [0.05, 0.1) is 0 Å². The smallest absolute Gasteiger partial charge is 0.279 e. The summed E-state index contributed by atoms with van der Waals surface area (Å²) in [6.45, 7) is 4.03. The highest BCUT2D eigenvalue weighted by Gasteiger charge is 2.21. The molecule has 0 aromatic heterocycles. The van der Waals surface area contributed by atoms with E-state index in [1.807, 2.05) is 62.4 Å². The molecule has 0 spiro atoms. The van der Waals surface area contributed by atoms with Gasteiger partial charge in [0.25, 0.3) is 5.91 Å². The van der Waals surface area contributed by atoms with Crippen molar-refractivity contribution in [2.45, 2.75) is 20.0 Å². The summed E-state index contributed by atoms with van der Waals surface area (Å²) in [6, 6.07) is 15.0. The van der Waals surface area contributed by atoms with E-state index in [2.05, 4.69) is 5.43 Å². The van der Waals surface area contributed by atoms with E-state index in [9.17, 15) is 4.79 Å². The van der Waals surface area contributed by atoms with Crippen LogP contribution in [0, 0.1) is 13.8 Å². The summed E-state index contributed by atoms with van der Waals surface area (Å²) >= 11 is 0. The second-order valence-electron chi connectivity index (χ2n) is 4.66. The van der Waals surface area contributed by atoms with Crippen molar-refractivity contribution in [2.75, 3.05) is 0 Å². The van der Waals surface area contributed by atoms with Crippen molar-refractivity contribution in [3.63, 3.8) is 0 Å². The number of hydrogen-bond acceptors (Lipinski definition) is 3. The quantitative estimate of drug-likeness (QED) is 0.509. The number of rotatable bonds is 4. The number of hydrazine groups is 1. The Balaban J connectivity index is 2.28. The molecule has 0 aliphatic rings. The van der Waals surface area contributed by atoms with Gasteiger partial charge in [0, 0.05) is 5.56 Å². The third-order valence-corrected chi connectivity index (χ3v) is 3.22. The van der Waals surface area contributed by atoms with Crippen LogP contribution in [-0.2, 0) is 4.79 Å². The SMILES string of the molecule is Cc1ccc(OC(C(=O)NN)c2ccccc2)cc1C. The van der Waals surface area contributed by atoms with Gasteiger partial charge < -0.3 is 4.74 Å². The van der Waals surface area contributed by atoms with E-state index < -0.39 is 6.10 Å². The molecule has 0 bridgehead atoms. The minimum absolute atomic E-state index is 0.380. The molecule has 2 rings (SSSR count). The summed E-state index contributed by atoms with van der Waals surface area (Å²) < 4.78 is 5.80. The Morgan fingerprint density at radius 2 is 1.80 bits per heavy atom. The molecule has 20 heavy (non-hydrogen) atoms. The molecule has 1 unspecified atom stereocenters. The largest absolute Gasteiger partial charge is 0.476 e. The summed E-state index contributed by atoms with van der Waals surface area (Å²) in [6.07, 6.45) is -0.761. The van der Waals surface area contributed by atoms with Crippen LogP contribution in [0.2, 0.25) is 0 Å². The van der Waals surface area contributed by atoms with Crippen LogP contribution in [-0.4, -0.2) is 5.91 Å². The molecule has 0 aliphatic carbocycles. The van der Waals surface area contributed by atoms with Crippen LogP contribution in [0.3, 0.4) is 0 Å². The fourth-order valence-electron chi connectivity index (χ4n) is 1.90. The highest BCUT2D eigenvalue weighted by Crippen LogP contribution is 2.24. The Hall–Kier alpha value is -2.33. The third kappa shape index (κ3) is 3.16. The Kier molecular flexibility index (Phi) is 4.38. The van der Waals surface area contributed by atoms with E-state index in [4.69, 9.17) is 10.6 Å². The lowest BCUT2D eigenvalue weighted by molar-refractivity contribution is -0.128. The Labute approximate surface area is 118 Å². The number of benzene rings is 2. The number of ether oxygens (including phenoxy) is 1. The van der Waals surface area contributed by atoms with E-state index in [1.54, 1.807) is 0 Å². The first-order valence-corrected chi connectivity index (χ1v) is 6.41. The van der Waals surface area contributed by atoms with Gasteiger partial charge in [-0.1, -0.05) is 36.4 Å². The van der Waals surface area contributed by atoms with Crippen molar-refractivity contribution in [3.8, 4) is 5.75 Å². The molecule has 4 heteroatoms. The van der Waals surface area contributed by atoms with Crippen LogP contribution < -0.4 is 16.0 Å². The van der Waals surface area contributed by atoms with E-state index in [-0.39, 0.29) is 5.91 Å². The second-order valence-corrected chi connectivity index (χ2v) is 4.66. The van der Waals surface area contributed by atoms with Gasteiger partial charge in [0.15, 0.2) is 0 Å². The molecule has 2 aromatic rings. The van der Waals surface area contributed by atoms with Gasteiger partial charge in [0.1, 0.15) is 5.75 Å². The average Bonchev–Trinajstić information content (AvgIpc) is 2.48. The number of aryl methyl sites for hydroxylation is 2. The standard InChI is InChI=1S/C16H18N2O2/c1-11-8-9-14(10-12(11)2)20-15(16(19)18-17)13-6-4-3-5-7-13/h3-10,15H,17H2,1-2H3,(H,18,19). The lowest BCUT2D eigenvalue weighted by Crippen LogP contribution is -2.37. The topological polar surface area (TPSA) is 64.3 Å². The molecule has 0 saturated carbocycles. The van der Waals surface area contributed by atoms with Gasteiger partial charge in [-0.15, -0.1) is 0 Å². The van der Waals surface area contributed by atoms with Crippen LogP contribution >= 0.6 is 0 Å². The predicted molar refractivity (Wildman–Crippen MR) is 78.1 cm³/mol. The van der Waals surface area contributed by atoms with Crippen molar-refractivity contribution in [1.82, 2.24) is 5.43 Å². The fraction of sp³-hybridized carbons (Fsp3) is 0.188. The molecular weight excluding hydrogens is 252 g/mol. The van der Waals surface area contributed by atoms with Gasteiger partial charge in [-0.3, -0.25) is 10.2 Å². The molecule has 104 valence electrons. The zero-order valence-corrected chi connectivity index (χ0v) is 11.6. The number of amides is 1. The highest BCUT2D eigenvalue weighted by molar-refractivity contribution is 5.82. The van der Waals surface area contributed by atoms with Crippen molar-refractivity contribution in [3.05, 3.63) is 65.2 Å². The monoisotopic (exact) mass is 270 g/mol. The van der Waals surface area contributed by atoms with Gasteiger partial charge in [-0.2, -0.15) is 0 Å². The van der Waals surface area contributed by atoms with Crippen molar-refractivity contribution in [1.29, 1.82) is 0 Å². The maximum Gasteiger partial charge on any atom is 0.279 e. The van der Waals surface area contributed by atoms with Crippen molar-refractivity contribution < 1.29 is 9.53 Å². The average molecular weight is 270 g/mol. The van der Waals surface area contributed by atoms with Crippen molar-refractivity contribution in [2.24, 2.45) is 5.84 Å². The maximum absolute atomic E-state index is 11.9. The third-order valence-electron chi connectivity index (χ3n) is 3.22. The van der Waals surface area contributed by atoms with Crippen LogP contribution in [0.1, 0.15) is 22.8 Å². The molecule has 0 saturated heterocycles. The fourth-order valence-corrected chi connectivity index (χ4v) is 1.90. The van der Waals surface area contributed by atoms with Crippen LogP contribution in [0.25, 0.3) is 0 Å². The number of carbonyl (C=O) groups excluding carboxylic acids is 1. The van der Waals surface area contributed by atoms with Gasteiger partial charge >= 0.3 is 0 Å². The highest BCUT2D eigenvalue weighted by atomic mass is 16.5. The first-order valence-electron chi connectivity index (χ1n) is 6.41. The molecule has 0 aliphatic heterocycles. The van der Waals surface area contributed by atoms with Crippen LogP contribution in [0.15, 0.2) is 48.5 Å². The van der Waals surface area contributed by atoms with E-state index in [1.165, 1.54) is 5.56 Å². The summed E-state index contributed by atoms with van der Waals surface area (Å²) in [4.78, 5) is 11.9. The predicted octanol–water partition coefficient (Wildman–Crippen LogP) is 2.41. The summed E-state index contributed by atoms with van der Waals surface area (Å²) in [5.74, 6) is 5.50. The van der Waals surface area contributed by atoms with Crippen LogP contribution in [0.5, 0.6) is 5.75 Å². The summed E-state index contributed by atoms with van der Waals surface area (Å²) in [7, 11) is 0. The van der Waals surface area contributed by atoms with E-state index >= 15 is 0 Å². The normalized spacial score (nSPS) is 11.8. The number of hydrogen-bond donors (Lipinski definition) is 2. The Morgan fingerprint density at radius 1 is 1.10 bits per heavy atom. The summed E-state index contributed by atoms with van der Waals surface area (Å²) in [5.41, 5.74) is 5.19.